The highest BCUT2D eigenvalue weighted by atomic mass is 16.5. The van der Waals surface area contributed by atoms with Crippen molar-refractivity contribution in [1.29, 1.82) is 5.26 Å². The Kier molecular flexibility index (Phi) is 3.98. The van der Waals surface area contributed by atoms with Gasteiger partial charge in [0.1, 0.15) is 0 Å². The van der Waals surface area contributed by atoms with Gasteiger partial charge in [0, 0.05) is 13.0 Å². The third-order valence-electron chi connectivity index (χ3n) is 2.30. The van der Waals surface area contributed by atoms with Crippen LogP contribution in [-0.2, 0) is 6.61 Å². The molecule has 1 heterocycles. The second-order valence-corrected chi connectivity index (χ2v) is 3.72. The molecule has 6 heteroatoms. The van der Waals surface area contributed by atoms with Crippen LogP contribution in [0.15, 0.2) is 22.7 Å². The van der Waals surface area contributed by atoms with Gasteiger partial charge < -0.3 is 14.0 Å². The fourth-order valence-electron chi connectivity index (χ4n) is 1.51. The number of hydrogen-bond donors (Lipinski definition) is 0. The molecule has 98 valence electrons. The van der Waals surface area contributed by atoms with Crippen LogP contribution in [0.1, 0.15) is 24.2 Å². The normalized spacial score (nSPS) is 9.95. The predicted octanol–water partition coefficient (Wildman–Crippen LogP) is 2.23. The van der Waals surface area contributed by atoms with Crippen LogP contribution in [0.2, 0.25) is 0 Å². The van der Waals surface area contributed by atoms with Crippen LogP contribution < -0.4 is 9.47 Å². The monoisotopic (exact) mass is 259 g/mol. The minimum absolute atomic E-state index is 0.184. The topological polar surface area (TPSA) is 81.2 Å². The van der Waals surface area contributed by atoms with E-state index in [1.54, 1.807) is 25.1 Å². The van der Waals surface area contributed by atoms with Gasteiger partial charge in [0.2, 0.25) is 11.7 Å². The minimum atomic E-state index is 0.184. The first-order chi connectivity index (χ1) is 9.22. The second kappa shape index (κ2) is 5.87. The molecule has 0 amide bonds. The van der Waals surface area contributed by atoms with Gasteiger partial charge in [-0.05, 0) is 19.1 Å². The number of nitriles is 1. The Labute approximate surface area is 110 Å². The third kappa shape index (κ3) is 3.22. The van der Waals surface area contributed by atoms with Crippen LogP contribution in [0.5, 0.6) is 11.5 Å². The number of rotatable bonds is 5. The lowest BCUT2D eigenvalue weighted by molar-refractivity contribution is 0.258. The lowest BCUT2D eigenvalue weighted by atomic mass is 10.2. The van der Waals surface area contributed by atoms with Crippen LogP contribution in [-0.4, -0.2) is 16.7 Å². The van der Waals surface area contributed by atoms with E-state index in [4.69, 9.17) is 19.3 Å². The Morgan fingerprint density at radius 2 is 2.16 bits per heavy atom. The quantitative estimate of drug-likeness (QED) is 0.819. The Bertz CT molecular complexity index is 601. The molecule has 0 aliphatic carbocycles. The molecule has 1 aromatic heterocycles. The van der Waals surface area contributed by atoms with Crippen molar-refractivity contribution in [3.63, 3.8) is 0 Å². The average molecular weight is 259 g/mol. The third-order valence-corrected chi connectivity index (χ3v) is 2.30. The van der Waals surface area contributed by atoms with Crippen LogP contribution in [0.3, 0.4) is 0 Å². The molecule has 0 spiro atoms. The van der Waals surface area contributed by atoms with E-state index in [2.05, 4.69) is 16.2 Å². The lowest BCUT2D eigenvalue weighted by Crippen LogP contribution is -2.01. The Hall–Kier alpha value is -2.55. The molecule has 0 atom stereocenters. The highest BCUT2D eigenvalue weighted by Crippen LogP contribution is 2.28. The standard InChI is InChI=1S/C13H13N3O3/c1-3-17-12-6-10(7-14)4-5-11(12)18-8-13-15-9(2)19-16-13/h4-6H,3,8H2,1-2H3. The first-order valence-corrected chi connectivity index (χ1v) is 5.82. The van der Waals surface area contributed by atoms with Gasteiger partial charge in [-0.1, -0.05) is 5.16 Å². The summed E-state index contributed by atoms with van der Waals surface area (Å²) in [5.74, 6) is 2.03. The molecule has 0 radical (unpaired) electrons. The van der Waals surface area contributed by atoms with Gasteiger partial charge in [0.05, 0.1) is 18.2 Å². The van der Waals surface area contributed by atoms with E-state index in [-0.39, 0.29) is 6.61 Å². The van der Waals surface area contributed by atoms with E-state index in [1.165, 1.54) is 0 Å². The molecular formula is C13H13N3O3. The van der Waals surface area contributed by atoms with Crippen LogP contribution in [0.25, 0.3) is 0 Å². The van der Waals surface area contributed by atoms with Crippen molar-refractivity contribution < 1.29 is 14.0 Å². The SMILES string of the molecule is CCOc1cc(C#N)ccc1OCc1noc(C)n1. The first kappa shape index (κ1) is 12.9. The van der Waals surface area contributed by atoms with E-state index >= 15 is 0 Å². The Balaban J connectivity index is 2.12. The van der Waals surface area contributed by atoms with Crippen molar-refractivity contribution >= 4 is 0 Å². The second-order valence-electron chi connectivity index (χ2n) is 3.72. The molecule has 0 saturated heterocycles. The molecule has 0 N–H and O–H groups in total. The first-order valence-electron chi connectivity index (χ1n) is 5.82. The lowest BCUT2D eigenvalue weighted by Gasteiger charge is -2.10. The van der Waals surface area contributed by atoms with Crippen LogP contribution in [0.4, 0.5) is 0 Å². The number of benzene rings is 1. The van der Waals surface area contributed by atoms with E-state index in [0.29, 0.717) is 35.4 Å². The summed E-state index contributed by atoms with van der Waals surface area (Å²) in [6.07, 6.45) is 0. The number of aromatic nitrogens is 2. The number of hydrogen-bond acceptors (Lipinski definition) is 6. The predicted molar refractivity (Wildman–Crippen MR) is 65.7 cm³/mol. The van der Waals surface area contributed by atoms with Gasteiger partial charge in [-0.3, -0.25) is 0 Å². The molecule has 0 fully saturated rings. The zero-order valence-electron chi connectivity index (χ0n) is 10.7. The molecule has 2 rings (SSSR count). The summed E-state index contributed by atoms with van der Waals surface area (Å²) < 4.78 is 15.9. The molecule has 0 aliphatic heterocycles. The largest absolute Gasteiger partial charge is 0.490 e. The number of nitrogens with zero attached hydrogens (tertiary/aromatic N) is 3. The molecular weight excluding hydrogens is 246 g/mol. The summed E-state index contributed by atoms with van der Waals surface area (Å²) in [5, 5.41) is 12.6. The maximum atomic E-state index is 8.85. The molecule has 0 saturated carbocycles. The van der Waals surface area contributed by atoms with E-state index in [0.717, 1.165) is 0 Å². The number of ether oxygens (including phenoxy) is 2. The van der Waals surface area contributed by atoms with Crippen LogP contribution in [0, 0.1) is 18.3 Å². The summed E-state index contributed by atoms with van der Waals surface area (Å²) in [5.41, 5.74) is 0.520. The van der Waals surface area contributed by atoms with Crippen molar-refractivity contribution in [2.75, 3.05) is 6.61 Å². The molecule has 0 aliphatic rings. The van der Waals surface area contributed by atoms with Crippen molar-refractivity contribution in [2.24, 2.45) is 0 Å². The van der Waals surface area contributed by atoms with E-state index in [9.17, 15) is 0 Å². The van der Waals surface area contributed by atoms with Gasteiger partial charge >= 0.3 is 0 Å². The highest BCUT2D eigenvalue weighted by Gasteiger charge is 2.09. The Morgan fingerprint density at radius 3 is 2.79 bits per heavy atom. The zero-order valence-corrected chi connectivity index (χ0v) is 10.7. The maximum Gasteiger partial charge on any atom is 0.223 e. The summed E-state index contributed by atoms with van der Waals surface area (Å²) >= 11 is 0. The van der Waals surface area contributed by atoms with Gasteiger partial charge in [0.25, 0.3) is 0 Å². The van der Waals surface area contributed by atoms with Crippen molar-refractivity contribution in [2.45, 2.75) is 20.5 Å². The summed E-state index contributed by atoms with van der Waals surface area (Å²) in [6, 6.07) is 7.05. The molecule has 1 aromatic carbocycles. The zero-order chi connectivity index (χ0) is 13.7. The van der Waals surface area contributed by atoms with Gasteiger partial charge in [-0.25, -0.2) is 0 Å². The van der Waals surface area contributed by atoms with Gasteiger partial charge in [0.15, 0.2) is 18.1 Å². The fraction of sp³-hybridized carbons (Fsp3) is 0.308. The molecule has 6 nitrogen and oxygen atoms in total. The van der Waals surface area contributed by atoms with Crippen molar-refractivity contribution in [1.82, 2.24) is 10.1 Å². The number of aryl methyl sites for hydroxylation is 1. The van der Waals surface area contributed by atoms with Crippen molar-refractivity contribution in [3.05, 3.63) is 35.5 Å². The Morgan fingerprint density at radius 1 is 1.32 bits per heavy atom. The smallest absolute Gasteiger partial charge is 0.223 e. The highest BCUT2D eigenvalue weighted by molar-refractivity contribution is 5.46. The summed E-state index contributed by atoms with van der Waals surface area (Å²) in [7, 11) is 0. The molecule has 0 bridgehead atoms. The molecule has 0 unspecified atom stereocenters. The van der Waals surface area contributed by atoms with Crippen molar-refractivity contribution in [3.8, 4) is 17.6 Å². The molecule has 2 aromatic rings. The van der Waals surface area contributed by atoms with E-state index < -0.39 is 0 Å². The fourth-order valence-corrected chi connectivity index (χ4v) is 1.51. The van der Waals surface area contributed by atoms with E-state index in [1.807, 2.05) is 6.92 Å². The molecule has 19 heavy (non-hydrogen) atoms. The summed E-state index contributed by atoms with van der Waals surface area (Å²) in [6.45, 7) is 4.26. The minimum Gasteiger partial charge on any atom is -0.490 e. The van der Waals surface area contributed by atoms with Gasteiger partial charge in [-0.15, -0.1) is 0 Å². The van der Waals surface area contributed by atoms with Crippen LogP contribution >= 0.6 is 0 Å². The average Bonchev–Trinajstić information content (AvgIpc) is 2.83. The van der Waals surface area contributed by atoms with Gasteiger partial charge in [-0.2, -0.15) is 10.2 Å². The maximum absolute atomic E-state index is 8.85. The summed E-state index contributed by atoms with van der Waals surface area (Å²) in [4.78, 5) is 4.04.